The van der Waals surface area contributed by atoms with E-state index < -0.39 is 11.7 Å². The zero-order chi connectivity index (χ0) is 21.7. The molecular formula is C22H39N5O2. The zero-order valence-corrected chi connectivity index (χ0v) is 19.0. The summed E-state index contributed by atoms with van der Waals surface area (Å²) in [5, 5.41) is 9.18. The number of nitrogens with one attached hydrogen (secondary N) is 3. The number of benzene rings is 1. The van der Waals surface area contributed by atoms with Gasteiger partial charge in [0, 0.05) is 26.2 Å². The minimum Gasteiger partial charge on any atom is -0.444 e. The minimum absolute atomic E-state index is 0.411. The number of ether oxygens (including phenoxy) is 1. The first-order chi connectivity index (χ1) is 13.8. The molecule has 0 spiro atoms. The van der Waals surface area contributed by atoms with Crippen LogP contribution in [0.2, 0.25) is 0 Å². The topological polar surface area (TPSA) is 78.0 Å². The molecule has 7 heteroatoms. The lowest BCUT2D eigenvalue weighted by atomic mass is 10.1. The van der Waals surface area contributed by atoms with Crippen molar-refractivity contribution in [1.82, 2.24) is 20.9 Å². The van der Waals surface area contributed by atoms with Crippen molar-refractivity contribution < 1.29 is 9.53 Å². The number of hydrogen-bond acceptors (Lipinski definition) is 4. The van der Waals surface area contributed by atoms with Crippen LogP contribution in [-0.2, 0) is 17.8 Å². The van der Waals surface area contributed by atoms with Crippen LogP contribution in [0.3, 0.4) is 0 Å². The summed E-state index contributed by atoms with van der Waals surface area (Å²) in [6.45, 7) is 17.4. The Morgan fingerprint density at radius 2 is 1.55 bits per heavy atom. The van der Waals surface area contributed by atoms with Crippen LogP contribution in [0.4, 0.5) is 4.79 Å². The van der Waals surface area contributed by atoms with Crippen LogP contribution in [0.15, 0.2) is 29.3 Å². The molecule has 0 saturated heterocycles. The Morgan fingerprint density at radius 3 is 2.10 bits per heavy atom. The van der Waals surface area contributed by atoms with Crippen LogP contribution in [0.25, 0.3) is 0 Å². The first-order valence-corrected chi connectivity index (χ1v) is 10.6. The summed E-state index contributed by atoms with van der Waals surface area (Å²) in [5.41, 5.74) is 1.99. The molecule has 0 unspecified atom stereocenters. The number of nitrogens with zero attached hydrogens (tertiary/aromatic N) is 2. The van der Waals surface area contributed by atoms with E-state index in [4.69, 9.17) is 4.74 Å². The van der Waals surface area contributed by atoms with Crippen molar-refractivity contribution in [2.24, 2.45) is 4.99 Å². The highest BCUT2D eigenvalue weighted by Gasteiger charge is 2.15. The fourth-order valence-corrected chi connectivity index (χ4v) is 2.63. The number of alkyl carbamates (subject to hydrolysis) is 1. The second kappa shape index (κ2) is 13.0. The normalized spacial score (nSPS) is 12.0. The van der Waals surface area contributed by atoms with Gasteiger partial charge in [-0.05, 0) is 51.9 Å². The number of hydrogen-bond donors (Lipinski definition) is 3. The van der Waals surface area contributed by atoms with Gasteiger partial charge in [0.2, 0.25) is 0 Å². The molecule has 0 heterocycles. The van der Waals surface area contributed by atoms with Gasteiger partial charge in [-0.2, -0.15) is 0 Å². The predicted octanol–water partition coefficient (Wildman–Crippen LogP) is 3.11. The number of guanidine groups is 1. The Bertz CT molecular complexity index is 619. The molecule has 0 aliphatic heterocycles. The second-order valence-electron chi connectivity index (χ2n) is 7.83. The Balaban J connectivity index is 2.47. The Kier molecular flexibility index (Phi) is 11.1. The standard InChI is InChI=1S/C22H39N5O2/c1-7-23-20(24-14-15-25-21(28)29-22(4,5)6)26-16-18-10-12-19(13-11-18)17-27(8-2)9-3/h10-13H,7-9,14-17H2,1-6H3,(H,25,28)(H2,23,24,26). The van der Waals surface area contributed by atoms with E-state index in [1.165, 1.54) is 5.56 Å². The Hall–Kier alpha value is -2.28. The van der Waals surface area contributed by atoms with Crippen molar-refractivity contribution in [2.45, 2.75) is 60.2 Å². The number of carbonyl (C=O) groups excluding carboxylic acids is 1. The number of aliphatic imine (C=N–C) groups is 1. The summed E-state index contributed by atoms with van der Waals surface area (Å²) < 4.78 is 5.22. The second-order valence-corrected chi connectivity index (χ2v) is 7.83. The zero-order valence-electron chi connectivity index (χ0n) is 19.0. The van der Waals surface area contributed by atoms with Crippen molar-refractivity contribution in [1.29, 1.82) is 0 Å². The van der Waals surface area contributed by atoms with Crippen LogP contribution >= 0.6 is 0 Å². The van der Waals surface area contributed by atoms with Crippen LogP contribution in [-0.4, -0.2) is 55.3 Å². The molecule has 0 aliphatic carbocycles. The van der Waals surface area contributed by atoms with E-state index in [-0.39, 0.29) is 0 Å². The van der Waals surface area contributed by atoms with Gasteiger partial charge in [0.15, 0.2) is 5.96 Å². The van der Waals surface area contributed by atoms with Crippen molar-refractivity contribution in [3.63, 3.8) is 0 Å². The van der Waals surface area contributed by atoms with E-state index in [1.54, 1.807) is 0 Å². The molecule has 0 aromatic heterocycles. The van der Waals surface area contributed by atoms with E-state index in [2.05, 4.69) is 64.0 Å². The lowest BCUT2D eigenvalue weighted by Gasteiger charge is -2.20. The molecule has 1 aromatic rings. The molecule has 1 rings (SSSR count). The van der Waals surface area contributed by atoms with E-state index in [0.29, 0.717) is 19.6 Å². The van der Waals surface area contributed by atoms with E-state index in [9.17, 15) is 4.79 Å². The molecule has 1 amide bonds. The van der Waals surface area contributed by atoms with E-state index >= 15 is 0 Å². The van der Waals surface area contributed by atoms with Crippen molar-refractivity contribution in [3.05, 3.63) is 35.4 Å². The van der Waals surface area contributed by atoms with E-state index in [0.717, 1.165) is 37.7 Å². The summed E-state index contributed by atoms with van der Waals surface area (Å²) in [5.74, 6) is 0.728. The fraction of sp³-hybridized carbons (Fsp3) is 0.636. The lowest BCUT2D eigenvalue weighted by Crippen LogP contribution is -2.42. The highest BCUT2D eigenvalue weighted by molar-refractivity contribution is 5.79. The third-order valence-electron chi connectivity index (χ3n) is 4.17. The smallest absolute Gasteiger partial charge is 0.407 e. The van der Waals surface area contributed by atoms with Gasteiger partial charge >= 0.3 is 6.09 Å². The van der Waals surface area contributed by atoms with Crippen LogP contribution in [0, 0.1) is 0 Å². The van der Waals surface area contributed by atoms with Crippen LogP contribution in [0.1, 0.15) is 52.7 Å². The summed E-state index contributed by atoms with van der Waals surface area (Å²) in [7, 11) is 0. The Labute approximate surface area is 176 Å². The lowest BCUT2D eigenvalue weighted by molar-refractivity contribution is 0.0529. The maximum absolute atomic E-state index is 11.7. The van der Waals surface area contributed by atoms with Gasteiger partial charge < -0.3 is 20.7 Å². The molecule has 0 atom stereocenters. The maximum atomic E-state index is 11.7. The molecule has 7 nitrogen and oxygen atoms in total. The monoisotopic (exact) mass is 405 g/mol. The molecule has 0 aliphatic rings. The molecular weight excluding hydrogens is 366 g/mol. The van der Waals surface area contributed by atoms with Crippen LogP contribution in [0.5, 0.6) is 0 Å². The molecule has 29 heavy (non-hydrogen) atoms. The fourth-order valence-electron chi connectivity index (χ4n) is 2.63. The van der Waals surface area contributed by atoms with Gasteiger partial charge in [0.25, 0.3) is 0 Å². The average molecular weight is 406 g/mol. The molecule has 0 bridgehead atoms. The van der Waals surface area contributed by atoms with Gasteiger partial charge in [-0.1, -0.05) is 38.1 Å². The summed E-state index contributed by atoms with van der Waals surface area (Å²) in [6, 6.07) is 8.62. The maximum Gasteiger partial charge on any atom is 0.407 e. The molecule has 1 aromatic carbocycles. The quantitative estimate of drug-likeness (QED) is 0.317. The predicted molar refractivity (Wildman–Crippen MR) is 120 cm³/mol. The van der Waals surface area contributed by atoms with E-state index in [1.807, 2.05) is 27.7 Å². The van der Waals surface area contributed by atoms with Crippen molar-refractivity contribution in [2.75, 3.05) is 32.7 Å². The summed E-state index contributed by atoms with van der Waals surface area (Å²) in [4.78, 5) is 18.7. The summed E-state index contributed by atoms with van der Waals surface area (Å²) in [6.07, 6.45) is -0.411. The van der Waals surface area contributed by atoms with Gasteiger partial charge in [-0.3, -0.25) is 4.90 Å². The first kappa shape index (κ1) is 24.8. The van der Waals surface area contributed by atoms with Gasteiger partial charge in [-0.15, -0.1) is 0 Å². The highest BCUT2D eigenvalue weighted by atomic mass is 16.6. The largest absolute Gasteiger partial charge is 0.444 e. The Morgan fingerprint density at radius 1 is 0.966 bits per heavy atom. The number of amides is 1. The van der Waals surface area contributed by atoms with Crippen molar-refractivity contribution >= 4 is 12.1 Å². The van der Waals surface area contributed by atoms with Gasteiger partial charge in [0.1, 0.15) is 5.60 Å². The number of carbonyl (C=O) groups is 1. The summed E-state index contributed by atoms with van der Waals surface area (Å²) >= 11 is 0. The third-order valence-corrected chi connectivity index (χ3v) is 4.17. The van der Waals surface area contributed by atoms with Gasteiger partial charge in [-0.25, -0.2) is 9.79 Å². The van der Waals surface area contributed by atoms with Crippen molar-refractivity contribution in [3.8, 4) is 0 Å². The molecule has 3 N–H and O–H groups in total. The third kappa shape index (κ3) is 11.3. The number of rotatable bonds is 10. The van der Waals surface area contributed by atoms with Gasteiger partial charge in [0.05, 0.1) is 6.54 Å². The minimum atomic E-state index is -0.491. The average Bonchev–Trinajstić information content (AvgIpc) is 2.67. The highest BCUT2D eigenvalue weighted by Crippen LogP contribution is 2.09. The molecule has 164 valence electrons. The first-order valence-electron chi connectivity index (χ1n) is 10.6. The molecule has 0 saturated carbocycles. The SMILES string of the molecule is CCNC(=NCc1ccc(CN(CC)CC)cc1)NCCNC(=O)OC(C)(C)C. The molecule has 0 fully saturated rings. The molecule has 0 radical (unpaired) electrons. The van der Waals surface area contributed by atoms with Crippen LogP contribution < -0.4 is 16.0 Å².